The molecule has 2 N–H and O–H groups in total. The number of hydrogen-bond donors (Lipinski definition) is 2. The lowest BCUT2D eigenvalue weighted by atomic mass is 10.1. The molecule has 0 aliphatic heterocycles. The molecule has 0 spiro atoms. The predicted octanol–water partition coefficient (Wildman–Crippen LogP) is 2.21. The molecule has 2 aromatic heterocycles. The lowest BCUT2D eigenvalue weighted by molar-refractivity contribution is -0.134. The minimum Gasteiger partial charge on any atom is -0.478 e. The van der Waals surface area contributed by atoms with E-state index in [1.54, 1.807) is 11.3 Å². The molecule has 0 aliphatic carbocycles. The number of carbonyl (C=O) groups is 2. The topological polar surface area (TPSA) is 92.4 Å². The molecule has 2 heterocycles. The van der Waals surface area contributed by atoms with Crippen molar-refractivity contribution in [3.8, 4) is 0 Å². The van der Waals surface area contributed by atoms with Crippen molar-refractivity contribution < 1.29 is 19.8 Å². The van der Waals surface area contributed by atoms with Gasteiger partial charge in [-0.3, -0.25) is 0 Å². The van der Waals surface area contributed by atoms with Crippen LogP contribution in [0, 0.1) is 6.92 Å². The van der Waals surface area contributed by atoms with Gasteiger partial charge in [0.25, 0.3) is 0 Å². The SMILES string of the molecule is Cc1cscc1CCn1ccnc1.O=C(O)/C=C/C(=O)O. The first-order valence-corrected chi connectivity index (χ1v) is 7.04. The molecule has 0 atom stereocenters. The van der Waals surface area contributed by atoms with E-state index < -0.39 is 11.9 Å². The van der Waals surface area contributed by atoms with E-state index in [1.165, 1.54) is 11.1 Å². The third kappa shape index (κ3) is 7.07. The molecular weight excluding hydrogens is 292 g/mol. The average Bonchev–Trinajstić information content (AvgIpc) is 3.06. The Morgan fingerprint density at radius 1 is 1.29 bits per heavy atom. The van der Waals surface area contributed by atoms with Gasteiger partial charge >= 0.3 is 11.9 Å². The summed E-state index contributed by atoms with van der Waals surface area (Å²) in [6.45, 7) is 3.19. The number of rotatable bonds is 5. The molecule has 0 aromatic carbocycles. The van der Waals surface area contributed by atoms with Crippen LogP contribution in [0.3, 0.4) is 0 Å². The molecule has 7 heteroatoms. The van der Waals surface area contributed by atoms with Gasteiger partial charge in [0.15, 0.2) is 0 Å². The zero-order valence-corrected chi connectivity index (χ0v) is 12.3. The smallest absolute Gasteiger partial charge is 0.328 e. The van der Waals surface area contributed by atoms with Gasteiger partial charge in [0, 0.05) is 31.1 Å². The fourth-order valence-corrected chi connectivity index (χ4v) is 2.35. The van der Waals surface area contributed by atoms with Gasteiger partial charge in [-0.05, 0) is 35.2 Å². The van der Waals surface area contributed by atoms with Crippen LogP contribution in [-0.4, -0.2) is 31.7 Å². The van der Waals surface area contributed by atoms with Crippen molar-refractivity contribution in [3.63, 3.8) is 0 Å². The molecule has 6 nitrogen and oxygen atoms in total. The van der Waals surface area contributed by atoms with Crippen molar-refractivity contribution in [2.24, 2.45) is 0 Å². The maximum absolute atomic E-state index is 9.55. The Labute approximate surface area is 126 Å². The van der Waals surface area contributed by atoms with E-state index in [0.29, 0.717) is 12.2 Å². The molecule has 0 amide bonds. The summed E-state index contributed by atoms with van der Waals surface area (Å²) in [4.78, 5) is 23.1. The van der Waals surface area contributed by atoms with E-state index in [-0.39, 0.29) is 0 Å². The molecule has 2 aromatic rings. The minimum absolute atomic E-state index is 0.558. The van der Waals surface area contributed by atoms with Gasteiger partial charge in [-0.2, -0.15) is 11.3 Å². The molecule has 112 valence electrons. The molecule has 0 fully saturated rings. The summed E-state index contributed by atoms with van der Waals surface area (Å²) < 4.78 is 2.11. The summed E-state index contributed by atoms with van der Waals surface area (Å²) in [5.41, 5.74) is 2.86. The highest BCUT2D eigenvalue weighted by molar-refractivity contribution is 7.08. The molecule has 0 saturated heterocycles. The summed E-state index contributed by atoms with van der Waals surface area (Å²) in [5.74, 6) is -2.51. The van der Waals surface area contributed by atoms with Crippen LogP contribution in [0.1, 0.15) is 11.1 Å². The third-order valence-corrected chi connectivity index (χ3v) is 3.44. The summed E-state index contributed by atoms with van der Waals surface area (Å²) in [6.07, 6.45) is 7.90. The number of carboxylic acid groups (broad SMARTS) is 2. The van der Waals surface area contributed by atoms with Crippen LogP contribution < -0.4 is 0 Å². The van der Waals surface area contributed by atoms with Crippen molar-refractivity contribution in [2.45, 2.75) is 19.9 Å². The van der Waals surface area contributed by atoms with Crippen molar-refractivity contribution in [2.75, 3.05) is 0 Å². The van der Waals surface area contributed by atoms with E-state index in [2.05, 4.69) is 27.2 Å². The Morgan fingerprint density at radius 2 is 1.95 bits per heavy atom. The number of imidazole rings is 1. The van der Waals surface area contributed by atoms with Gasteiger partial charge in [-0.15, -0.1) is 0 Å². The van der Waals surface area contributed by atoms with Crippen LogP contribution >= 0.6 is 11.3 Å². The highest BCUT2D eigenvalue weighted by atomic mass is 32.1. The summed E-state index contributed by atoms with van der Waals surface area (Å²) in [7, 11) is 0. The number of hydrogen-bond acceptors (Lipinski definition) is 4. The average molecular weight is 308 g/mol. The number of nitrogens with zero attached hydrogens (tertiary/aromatic N) is 2. The first-order chi connectivity index (χ1) is 9.99. The lowest BCUT2D eigenvalue weighted by Crippen LogP contribution is -1.98. The Balaban J connectivity index is 0.000000240. The maximum Gasteiger partial charge on any atom is 0.328 e. The highest BCUT2D eigenvalue weighted by Crippen LogP contribution is 2.14. The Kier molecular flexibility index (Phi) is 6.90. The summed E-state index contributed by atoms with van der Waals surface area (Å²) in [6, 6.07) is 0. The van der Waals surface area contributed by atoms with E-state index in [0.717, 1.165) is 13.0 Å². The fraction of sp³-hybridized carbons (Fsp3) is 0.214. The second-order valence-electron chi connectivity index (χ2n) is 4.14. The van der Waals surface area contributed by atoms with Gasteiger partial charge in [-0.1, -0.05) is 0 Å². The van der Waals surface area contributed by atoms with Crippen LogP contribution in [0.15, 0.2) is 41.6 Å². The van der Waals surface area contributed by atoms with E-state index in [1.807, 2.05) is 18.7 Å². The van der Waals surface area contributed by atoms with Crippen molar-refractivity contribution in [1.82, 2.24) is 9.55 Å². The monoisotopic (exact) mass is 308 g/mol. The number of thiophene rings is 1. The summed E-state index contributed by atoms with van der Waals surface area (Å²) in [5, 5.41) is 20.1. The van der Waals surface area contributed by atoms with Crippen LogP contribution in [0.25, 0.3) is 0 Å². The quantitative estimate of drug-likeness (QED) is 0.826. The highest BCUT2D eigenvalue weighted by Gasteiger charge is 1.98. The Bertz CT molecular complexity index is 586. The van der Waals surface area contributed by atoms with Gasteiger partial charge in [0.05, 0.1) is 6.33 Å². The molecule has 0 unspecified atom stereocenters. The predicted molar refractivity (Wildman–Crippen MR) is 79.4 cm³/mol. The Hall–Kier alpha value is -2.41. The first-order valence-electron chi connectivity index (χ1n) is 6.10. The third-order valence-electron chi connectivity index (χ3n) is 2.53. The summed E-state index contributed by atoms with van der Waals surface area (Å²) >= 11 is 1.78. The van der Waals surface area contributed by atoms with E-state index in [4.69, 9.17) is 10.2 Å². The number of carboxylic acids is 2. The van der Waals surface area contributed by atoms with Crippen LogP contribution in [0.2, 0.25) is 0 Å². The number of aromatic nitrogens is 2. The van der Waals surface area contributed by atoms with Crippen LogP contribution in [0.5, 0.6) is 0 Å². The van der Waals surface area contributed by atoms with Gasteiger partial charge in [-0.25, -0.2) is 14.6 Å². The van der Waals surface area contributed by atoms with Crippen molar-refractivity contribution in [3.05, 3.63) is 52.8 Å². The van der Waals surface area contributed by atoms with Gasteiger partial charge in [0.2, 0.25) is 0 Å². The standard InChI is InChI=1S/C10H12N2S.C4H4O4/c1-9-6-13-7-10(9)2-4-12-5-3-11-8-12;5-3(6)1-2-4(7)8/h3,5-8H,2,4H2,1H3;1-2H,(H,5,6)(H,7,8)/b;2-1+. The van der Waals surface area contributed by atoms with E-state index in [9.17, 15) is 9.59 Å². The lowest BCUT2D eigenvalue weighted by Gasteiger charge is -2.00. The van der Waals surface area contributed by atoms with Crippen LogP contribution in [0.4, 0.5) is 0 Å². The Morgan fingerprint density at radius 3 is 2.38 bits per heavy atom. The molecule has 0 saturated carbocycles. The van der Waals surface area contributed by atoms with Crippen LogP contribution in [-0.2, 0) is 22.6 Å². The molecule has 21 heavy (non-hydrogen) atoms. The number of aliphatic carboxylic acids is 2. The minimum atomic E-state index is -1.26. The molecule has 0 aliphatic rings. The second kappa shape index (κ2) is 8.70. The fourth-order valence-electron chi connectivity index (χ4n) is 1.45. The second-order valence-corrected chi connectivity index (χ2v) is 4.88. The molecule has 0 bridgehead atoms. The van der Waals surface area contributed by atoms with Gasteiger partial charge in [0.1, 0.15) is 0 Å². The normalized spacial score (nSPS) is 10.1. The molecular formula is C14H16N2O4S. The first kappa shape index (κ1) is 16.6. The largest absolute Gasteiger partial charge is 0.478 e. The van der Waals surface area contributed by atoms with Gasteiger partial charge < -0.3 is 14.8 Å². The van der Waals surface area contributed by atoms with Crippen molar-refractivity contribution in [1.29, 1.82) is 0 Å². The zero-order valence-electron chi connectivity index (χ0n) is 11.5. The molecule has 2 rings (SSSR count). The molecule has 0 radical (unpaired) electrons. The van der Waals surface area contributed by atoms with E-state index >= 15 is 0 Å². The zero-order chi connectivity index (χ0) is 15.7. The van der Waals surface area contributed by atoms with Crippen molar-refractivity contribution >= 4 is 23.3 Å². The number of aryl methyl sites for hydroxylation is 3. The maximum atomic E-state index is 9.55.